The SMILES string of the molecule is Cc1cc(N2CCN(Cc3nc(-c4ccc(C(F)(F)F)cc4)no3)CC2)cc(C)n1. The zero-order valence-electron chi connectivity index (χ0n) is 16.8. The molecule has 0 amide bonds. The summed E-state index contributed by atoms with van der Waals surface area (Å²) in [5, 5.41) is 3.91. The Morgan fingerprint density at radius 2 is 1.57 bits per heavy atom. The van der Waals surface area contributed by atoms with Gasteiger partial charge in [0.25, 0.3) is 0 Å². The Bertz CT molecular complexity index is 988. The van der Waals surface area contributed by atoms with Crippen LogP contribution in [0.25, 0.3) is 11.4 Å². The number of anilines is 1. The topological polar surface area (TPSA) is 58.3 Å². The van der Waals surface area contributed by atoms with Crippen molar-refractivity contribution in [3.05, 3.63) is 59.2 Å². The highest BCUT2D eigenvalue weighted by molar-refractivity contribution is 5.54. The molecule has 158 valence electrons. The normalized spacial score (nSPS) is 15.6. The molecular formula is C21H22F3N5O. The highest BCUT2D eigenvalue weighted by Gasteiger charge is 2.30. The Morgan fingerprint density at radius 1 is 0.933 bits per heavy atom. The van der Waals surface area contributed by atoms with Gasteiger partial charge in [-0.1, -0.05) is 17.3 Å². The lowest BCUT2D eigenvalue weighted by atomic mass is 10.1. The Hall–Kier alpha value is -2.94. The van der Waals surface area contributed by atoms with Gasteiger partial charge in [-0.05, 0) is 38.1 Å². The number of rotatable bonds is 4. The lowest BCUT2D eigenvalue weighted by molar-refractivity contribution is -0.137. The van der Waals surface area contributed by atoms with E-state index in [0.717, 1.165) is 49.7 Å². The van der Waals surface area contributed by atoms with Crippen LogP contribution in [0.5, 0.6) is 0 Å². The van der Waals surface area contributed by atoms with Gasteiger partial charge in [0.2, 0.25) is 11.7 Å². The van der Waals surface area contributed by atoms with Crippen molar-refractivity contribution in [2.45, 2.75) is 26.6 Å². The van der Waals surface area contributed by atoms with Gasteiger partial charge in [0.1, 0.15) is 0 Å². The van der Waals surface area contributed by atoms with Crippen LogP contribution in [-0.4, -0.2) is 46.2 Å². The number of nitrogens with zero attached hydrogens (tertiary/aromatic N) is 5. The van der Waals surface area contributed by atoms with E-state index in [1.54, 1.807) is 0 Å². The van der Waals surface area contributed by atoms with E-state index >= 15 is 0 Å². The van der Waals surface area contributed by atoms with Gasteiger partial charge in [0, 0.05) is 48.8 Å². The van der Waals surface area contributed by atoms with Gasteiger partial charge < -0.3 is 9.42 Å². The van der Waals surface area contributed by atoms with Crippen LogP contribution in [0, 0.1) is 13.8 Å². The third kappa shape index (κ3) is 4.62. The number of hydrogen-bond acceptors (Lipinski definition) is 6. The van der Waals surface area contributed by atoms with Crippen LogP contribution < -0.4 is 4.90 Å². The average molecular weight is 417 g/mol. The first kappa shape index (κ1) is 20.3. The Morgan fingerprint density at radius 3 is 2.17 bits per heavy atom. The minimum Gasteiger partial charge on any atom is -0.369 e. The molecule has 1 saturated heterocycles. The van der Waals surface area contributed by atoms with Crippen molar-refractivity contribution in [1.82, 2.24) is 20.0 Å². The fraction of sp³-hybridized carbons (Fsp3) is 0.381. The van der Waals surface area contributed by atoms with Crippen LogP contribution in [0.3, 0.4) is 0 Å². The summed E-state index contributed by atoms with van der Waals surface area (Å²) in [6.45, 7) is 7.95. The average Bonchev–Trinajstić information content (AvgIpc) is 3.16. The summed E-state index contributed by atoms with van der Waals surface area (Å²) < 4.78 is 43.4. The molecule has 9 heteroatoms. The molecule has 0 atom stereocenters. The number of aryl methyl sites for hydroxylation is 2. The number of pyridine rings is 1. The van der Waals surface area contributed by atoms with Crippen LogP contribution in [0.15, 0.2) is 40.9 Å². The smallest absolute Gasteiger partial charge is 0.369 e. The monoisotopic (exact) mass is 417 g/mol. The lowest BCUT2D eigenvalue weighted by Crippen LogP contribution is -2.46. The maximum absolute atomic E-state index is 12.7. The lowest BCUT2D eigenvalue weighted by Gasteiger charge is -2.35. The molecule has 3 heterocycles. The second-order valence-corrected chi connectivity index (χ2v) is 7.46. The summed E-state index contributed by atoms with van der Waals surface area (Å²) in [5.74, 6) is 0.744. The second kappa shape index (κ2) is 8.06. The fourth-order valence-electron chi connectivity index (χ4n) is 3.60. The second-order valence-electron chi connectivity index (χ2n) is 7.46. The summed E-state index contributed by atoms with van der Waals surface area (Å²) >= 11 is 0. The number of halogens is 3. The Labute approximate surface area is 172 Å². The molecule has 1 fully saturated rings. The molecule has 1 aliphatic rings. The molecule has 1 aliphatic heterocycles. The van der Waals surface area contributed by atoms with Gasteiger partial charge in [0.05, 0.1) is 12.1 Å². The summed E-state index contributed by atoms with van der Waals surface area (Å²) in [6.07, 6.45) is -4.36. The predicted molar refractivity (Wildman–Crippen MR) is 106 cm³/mol. The molecule has 0 unspecified atom stereocenters. The first-order chi connectivity index (χ1) is 14.3. The van der Waals surface area contributed by atoms with E-state index in [1.807, 2.05) is 13.8 Å². The van der Waals surface area contributed by atoms with Crippen molar-refractivity contribution >= 4 is 5.69 Å². The first-order valence-corrected chi connectivity index (χ1v) is 9.71. The van der Waals surface area contributed by atoms with E-state index < -0.39 is 11.7 Å². The van der Waals surface area contributed by atoms with E-state index in [9.17, 15) is 13.2 Å². The van der Waals surface area contributed by atoms with E-state index in [2.05, 4.69) is 37.1 Å². The highest BCUT2D eigenvalue weighted by Crippen LogP contribution is 2.30. The number of piperazine rings is 1. The fourth-order valence-corrected chi connectivity index (χ4v) is 3.60. The summed E-state index contributed by atoms with van der Waals surface area (Å²) in [5.41, 5.74) is 2.99. The van der Waals surface area contributed by atoms with E-state index in [1.165, 1.54) is 17.8 Å². The molecule has 0 N–H and O–H groups in total. The van der Waals surface area contributed by atoms with Crippen molar-refractivity contribution < 1.29 is 17.7 Å². The van der Waals surface area contributed by atoms with Gasteiger partial charge in [0.15, 0.2) is 0 Å². The molecule has 2 aromatic heterocycles. The Balaban J connectivity index is 1.36. The molecule has 3 aromatic rings. The van der Waals surface area contributed by atoms with Crippen LogP contribution in [0.4, 0.5) is 18.9 Å². The van der Waals surface area contributed by atoms with Gasteiger partial charge in [-0.3, -0.25) is 9.88 Å². The van der Waals surface area contributed by atoms with Crippen molar-refractivity contribution in [1.29, 1.82) is 0 Å². The summed E-state index contributed by atoms with van der Waals surface area (Å²) in [4.78, 5) is 13.3. The zero-order chi connectivity index (χ0) is 21.3. The van der Waals surface area contributed by atoms with Gasteiger partial charge >= 0.3 is 6.18 Å². The van der Waals surface area contributed by atoms with Crippen LogP contribution in [0.1, 0.15) is 22.8 Å². The van der Waals surface area contributed by atoms with E-state index in [-0.39, 0.29) is 0 Å². The molecule has 4 rings (SSSR count). The molecule has 0 bridgehead atoms. The highest BCUT2D eigenvalue weighted by atomic mass is 19.4. The maximum Gasteiger partial charge on any atom is 0.416 e. The van der Waals surface area contributed by atoms with Crippen LogP contribution >= 0.6 is 0 Å². The van der Waals surface area contributed by atoms with Crippen molar-refractivity contribution in [2.24, 2.45) is 0 Å². The first-order valence-electron chi connectivity index (χ1n) is 9.71. The third-order valence-corrected chi connectivity index (χ3v) is 5.10. The molecule has 1 aromatic carbocycles. The minimum absolute atomic E-state index is 0.292. The van der Waals surface area contributed by atoms with Gasteiger partial charge in [-0.25, -0.2) is 0 Å². The largest absolute Gasteiger partial charge is 0.416 e. The molecule has 0 radical (unpaired) electrons. The van der Waals surface area contributed by atoms with Crippen molar-refractivity contribution in [3.63, 3.8) is 0 Å². The minimum atomic E-state index is -4.36. The van der Waals surface area contributed by atoms with Gasteiger partial charge in [-0.15, -0.1) is 0 Å². The van der Waals surface area contributed by atoms with Crippen molar-refractivity contribution in [3.8, 4) is 11.4 Å². The number of aromatic nitrogens is 3. The zero-order valence-corrected chi connectivity index (χ0v) is 16.8. The quantitative estimate of drug-likeness (QED) is 0.637. The number of benzene rings is 1. The van der Waals surface area contributed by atoms with Gasteiger partial charge in [-0.2, -0.15) is 18.2 Å². The predicted octanol–water partition coefficient (Wildman–Crippen LogP) is 4.09. The standard InChI is InChI=1S/C21H22F3N5O/c1-14-11-18(12-15(2)25-14)29-9-7-28(8-10-29)13-19-26-20(27-30-19)16-3-5-17(6-4-16)21(22,23)24/h3-6,11-12H,7-10,13H2,1-2H3. The molecule has 0 saturated carbocycles. The van der Waals surface area contributed by atoms with E-state index in [0.29, 0.717) is 23.8 Å². The van der Waals surface area contributed by atoms with Crippen LogP contribution in [-0.2, 0) is 12.7 Å². The van der Waals surface area contributed by atoms with Crippen LogP contribution in [0.2, 0.25) is 0 Å². The van der Waals surface area contributed by atoms with E-state index in [4.69, 9.17) is 4.52 Å². The molecular weight excluding hydrogens is 395 g/mol. The number of alkyl halides is 3. The molecule has 30 heavy (non-hydrogen) atoms. The Kier molecular flexibility index (Phi) is 5.46. The number of hydrogen-bond donors (Lipinski definition) is 0. The molecule has 6 nitrogen and oxygen atoms in total. The third-order valence-electron chi connectivity index (χ3n) is 5.10. The molecule has 0 spiro atoms. The molecule has 0 aliphatic carbocycles. The summed E-state index contributed by atoms with van der Waals surface area (Å²) in [7, 11) is 0. The summed E-state index contributed by atoms with van der Waals surface area (Å²) in [6, 6.07) is 8.94. The van der Waals surface area contributed by atoms with Crippen molar-refractivity contribution in [2.75, 3.05) is 31.1 Å². The maximum atomic E-state index is 12.7.